The fourth-order valence-corrected chi connectivity index (χ4v) is 4.70. The summed E-state index contributed by atoms with van der Waals surface area (Å²) in [6.45, 7) is 4.58. The van der Waals surface area contributed by atoms with E-state index in [2.05, 4.69) is 10.1 Å². The zero-order valence-electron chi connectivity index (χ0n) is 15.3. The Morgan fingerprint density at radius 3 is 2.71 bits per heavy atom. The summed E-state index contributed by atoms with van der Waals surface area (Å²) < 4.78 is 20.0. The van der Waals surface area contributed by atoms with E-state index in [0.717, 1.165) is 10.4 Å². The molecule has 1 saturated heterocycles. The molecule has 1 atom stereocenters. The van der Waals surface area contributed by atoms with Crippen molar-refractivity contribution >= 4 is 22.4 Å². The van der Waals surface area contributed by atoms with E-state index in [9.17, 15) is 14.3 Å². The van der Waals surface area contributed by atoms with Crippen LogP contribution >= 0.6 is 11.3 Å². The number of thiazole rings is 1. The number of aromatic nitrogens is 3. The largest absolute Gasteiger partial charge is 0.492 e. The highest BCUT2D eigenvalue weighted by molar-refractivity contribution is 7.17. The van der Waals surface area contributed by atoms with Crippen molar-refractivity contribution in [3.63, 3.8) is 0 Å². The van der Waals surface area contributed by atoms with Crippen molar-refractivity contribution in [2.75, 3.05) is 32.8 Å². The Bertz CT molecular complexity index is 965. The van der Waals surface area contributed by atoms with E-state index in [1.54, 1.807) is 24.0 Å². The second-order valence-electron chi connectivity index (χ2n) is 6.57. The summed E-state index contributed by atoms with van der Waals surface area (Å²) >= 11 is 1.37. The minimum absolute atomic E-state index is 0.0483. The number of carbonyl (C=O) groups excluding carboxylic acids is 1. The van der Waals surface area contributed by atoms with Crippen LogP contribution in [0.5, 0.6) is 5.88 Å². The molecule has 4 rings (SSSR count). The van der Waals surface area contributed by atoms with Gasteiger partial charge in [0.1, 0.15) is 17.0 Å². The standard InChI is InChI=1S/C18H20FN5O3S/c1-2-27-18(26)23-9-7-22(8-10-23)14(12-3-5-13(19)6-4-12)15-16(25)24-17(28-15)20-11-21-24/h3-6,11,14,25H,2,7-10H2,1H3/p+1/t14-/m0/s1. The lowest BCUT2D eigenvalue weighted by Crippen LogP contribution is -3.15. The first-order valence-corrected chi connectivity index (χ1v) is 9.93. The molecule has 0 radical (unpaired) electrons. The van der Waals surface area contributed by atoms with Gasteiger partial charge in [-0.05, 0) is 31.2 Å². The number of aromatic hydroxyl groups is 1. The normalized spacial score (nSPS) is 16.4. The molecule has 28 heavy (non-hydrogen) atoms. The van der Waals surface area contributed by atoms with Crippen LogP contribution < -0.4 is 4.90 Å². The molecular weight excluding hydrogens is 385 g/mol. The number of hydrogen-bond acceptors (Lipinski definition) is 6. The molecule has 0 saturated carbocycles. The number of piperazine rings is 1. The van der Waals surface area contributed by atoms with Crippen molar-refractivity contribution in [2.24, 2.45) is 0 Å². The highest BCUT2D eigenvalue weighted by Crippen LogP contribution is 2.34. The molecule has 0 aliphatic carbocycles. The molecular formula is C18H21FN5O3S+. The summed E-state index contributed by atoms with van der Waals surface area (Å²) in [5, 5.41) is 14.8. The molecule has 1 aliphatic heterocycles. The van der Waals surface area contributed by atoms with Gasteiger partial charge in [-0.25, -0.2) is 14.2 Å². The summed E-state index contributed by atoms with van der Waals surface area (Å²) in [4.78, 5) is 20.3. The van der Waals surface area contributed by atoms with Crippen molar-refractivity contribution in [1.82, 2.24) is 19.5 Å². The number of ether oxygens (including phenoxy) is 1. The SMILES string of the molecule is CCOC(=O)N1CC[NH+]([C@@H](c2ccc(F)cc2)c2sc3ncnn3c2O)CC1. The number of nitrogens with zero attached hydrogens (tertiary/aromatic N) is 4. The first kappa shape index (κ1) is 18.6. The Morgan fingerprint density at radius 2 is 2.07 bits per heavy atom. The summed E-state index contributed by atoms with van der Waals surface area (Å²) in [6.07, 6.45) is 1.09. The monoisotopic (exact) mass is 406 g/mol. The molecule has 3 aromatic rings. The first-order valence-electron chi connectivity index (χ1n) is 9.11. The number of amides is 1. The van der Waals surface area contributed by atoms with Crippen LogP contribution in [0.4, 0.5) is 9.18 Å². The molecule has 0 spiro atoms. The van der Waals surface area contributed by atoms with Gasteiger partial charge in [-0.15, -0.1) is 0 Å². The third-order valence-electron chi connectivity index (χ3n) is 4.94. The zero-order valence-corrected chi connectivity index (χ0v) is 16.2. The number of nitrogens with one attached hydrogen (secondary N) is 1. The molecule has 10 heteroatoms. The second kappa shape index (κ2) is 7.72. The summed E-state index contributed by atoms with van der Waals surface area (Å²) in [5.41, 5.74) is 0.890. The number of hydrogen-bond donors (Lipinski definition) is 2. The molecule has 0 bridgehead atoms. The van der Waals surface area contributed by atoms with Crippen molar-refractivity contribution in [1.29, 1.82) is 0 Å². The van der Waals surface area contributed by atoms with Gasteiger partial charge in [-0.3, -0.25) is 4.90 Å². The van der Waals surface area contributed by atoms with Crippen LogP contribution in [0, 0.1) is 5.82 Å². The number of carbonyl (C=O) groups is 1. The lowest BCUT2D eigenvalue weighted by molar-refractivity contribution is -0.929. The predicted octanol–water partition coefficient (Wildman–Crippen LogP) is 1.08. The van der Waals surface area contributed by atoms with Crippen LogP contribution in [-0.4, -0.2) is 63.5 Å². The van der Waals surface area contributed by atoms with E-state index in [0.29, 0.717) is 37.7 Å². The molecule has 3 heterocycles. The van der Waals surface area contributed by atoms with Gasteiger partial charge < -0.3 is 14.7 Å². The summed E-state index contributed by atoms with van der Waals surface area (Å²) in [6, 6.07) is 6.11. The average Bonchev–Trinajstić information content (AvgIpc) is 3.28. The van der Waals surface area contributed by atoms with Gasteiger partial charge in [0.15, 0.2) is 6.04 Å². The third kappa shape index (κ3) is 3.40. The zero-order chi connectivity index (χ0) is 19.7. The van der Waals surface area contributed by atoms with Gasteiger partial charge in [0.05, 0.1) is 32.8 Å². The van der Waals surface area contributed by atoms with Gasteiger partial charge in [0.2, 0.25) is 10.8 Å². The fraction of sp³-hybridized carbons (Fsp3) is 0.389. The molecule has 2 aromatic heterocycles. The van der Waals surface area contributed by atoms with Crippen molar-refractivity contribution in [2.45, 2.75) is 13.0 Å². The highest BCUT2D eigenvalue weighted by Gasteiger charge is 2.36. The van der Waals surface area contributed by atoms with Crippen molar-refractivity contribution in [3.8, 4) is 5.88 Å². The molecule has 1 aromatic carbocycles. The number of rotatable bonds is 4. The molecule has 0 unspecified atom stereocenters. The van der Waals surface area contributed by atoms with E-state index in [1.807, 2.05) is 0 Å². The fourth-order valence-electron chi connectivity index (χ4n) is 3.59. The van der Waals surface area contributed by atoms with E-state index >= 15 is 0 Å². The number of quaternary nitrogens is 1. The van der Waals surface area contributed by atoms with Crippen LogP contribution in [0.3, 0.4) is 0 Å². The second-order valence-corrected chi connectivity index (χ2v) is 7.58. The molecule has 1 aliphatic rings. The Labute approximate surface area is 164 Å². The van der Waals surface area contributed by atoms with Crippen molar-refractivity contribution < 1.29 is 23.9 Å². The smallest absolute Gasteiger partial charge is 0.410 e. The molecule has 8 nitrogen and oxygen atoms in total. The minimum atomic E-state index is -0.309. The van der Waals surface area contributed by atoms with E-state index < -0.39 is 0 Å². The number of fused-ring (bicyclic) bond motifs is 1. The Kier molecular flexibility index (Phi) is 5.14. The van der Waals surface area contributed by atoms with Crippen LogP contribution in [0.2, 0.25) is 0 Å². The number of halogens is 1. The first-order chi connectivity index (χ1) is 13.6. The third-order valence-corrected chi connectivity index (χ3v) is 6.04. The van der Waals surface area contributed by atoms with Gasteiger partial charge in [0.25, 0.3) is 0 Å². The lowest BCUT2D eigenvalue weighted by Gasteiger charge is -2.35. The van der Waals surface area contributed by atoms with Gasteiger partial charge in [-0.2, -0.15) is 9.61 Å². The summed E-state index contributed by atoms with van der Waals surface area (Å²) in [7, 11) is 0. The Hall–Kier alpha value is -2.72. The van der Waals surface area contributed by atoms with Crippen LogP contribution in [-0.2, 0) is 4.74 Å². The molecule has 2 N–H and O–H groups in total. The van der Waals surface area contributed by atoms with E-state index in [-0.39, 0.29) is 23.8 Å². The van der Waals surface area contributed by atoms with Crippen LogP contribution in [0.1, 0.15) is 23.4 Å². The topological polar surface area (TPSA) is 84.4 Å². The number of benzene rings is 1. The molecule has 1 fully saturated rings. The summed E-state index contributed by atoms with van der Waals surface area (Å²) in [5.74, 6) is -0.261. The minimum Gasteiger partial charge on any atom is -0.492 e. The maximum absolute atomic E-state index is 13.5. The highest BCUT2D eigenvalue weighted by atomic mass is 32.1. The van der Waals surface area contributed by atoms with Gasteiger partial charge in [-0.1, -0.05) is 11.3 Å². The Balaban J connectivity index is 1.64. The lowest BCUT2D eigenvalue weighted by atomic mass is 10.0. The predicted molar refractivity (Wildman–Crippen MR) is 100 cm³/mol. The Morgan fingerprint density at radius 1 is 1.36 bits per heavy atom. The quantitative estimate of drug-likeness (QED) is 0.678. The maximum Gasteiger partial charge on any atom is 0.410 e. The van der Waals surface area contributed by atoms with Crippen molar-refractivity contribution in [3.05, 3.63) is 46.9 Å². The van der Waals surface area contributed by atoms with E-state index in [1.165, 1.54) is 39.2 Å². The van der Waals surface area contributed by atoms with Gasteiger partial charge in [0, 0.05) is 5.56 Å². The average molecular weight is 406 g/mol. The molecule has 148 valence electrons. The molecule has 1 amide bonds. The van der Waals surface area contributed by atoms with Gasteiger partial charge >= 0.3 is 6.09 Å². The van der Waals surface area contributed by atoms with Crippen LogP contribution in [0.25, 0.3) is 4.96 Å². The maximum atomic E-state index is 13.5. The van der Waals surface area contributed by atoms with Crippen LogP contribution in [0.15, 0.2) is 30.6 Å². The van der Waals surface area contributed by atoms with E-state index in [4.69, 9.17) is 4.74 Å².